The number of nitrogens with zero attached hydrogens (tertiary/aromatic N) is 4. The zero-order chi connectivity index (χ0) is 20.1. The van der Waals surface area contributed by atoms with Crippen molar-refractivity contribution in [2.75, 3.05) is 24.5 Å². The summed E-state index contributed by atoms with van der Waals surface area (Å²) in [5, 5.41) is 8.91. The molecule has 1 aromatic carbocycles. The Hall–Kier alpha value is -2.43. The maximum atomic E-state index is 13.3. The number of rotatable bonds is 5. The number of piperidine rings is 1. The molecule has 1 aliphatic heterocycles. The van der Waals surface area contributed by atoms with Gasteiger partial charge in [0.15, 0.2) is 5.82 Å². The number of carbonyl (C=O) groups is 1. The van der Waals surface area contributed by atoms with Gasteiger partial charge in [0.1, 0.15) is 0 Å². The fourth-order valence-electron chi connectivity index (χ4n) is 4.86. The van der Waals surface area contributed by atoms with Crippen LogP contribution in [0.15, 0.2) is 42.5 Å². The minimum absolute atomic E-state index is 0.0706. The molecule has 1 saturated heterocycles. The molecule has 2 aromatic rings. The maximum Gasteiger partial charge on any atom is 0.227 e. The van der Waals surface area contributed by atoms with Crippen LogP contribution < -0.4 is 4.90 Å². The first kappa shape index (κ1) is 19.9. The molecule has 1 aliphatic carbocycles. The monoisotopic (exact) mass is 392 g/mol. The summed E-state index contributed by atoms with van der Waals surface area (Å²) >= 11 is 0. The van der Waals surface area contributed by atoms with Crippen LogP contribution in [0.1, 0.15) is 51.9 Å². The van der Waals surface area contributed by atoms with Gasteiger partial charge >= 0.3 is 0 Å². The molecule has 2 aliphatic rings. The maximum absolute atomic E-state index is 13.3. The molecule has 29 heavy (non-hydrogen) atoms. The van der Waals surface area contributed by atoms with Crippen LogP contribution in [0.4, 0.5) is 5.82 Å². The van der Waals surface area contributed by atoms with E-state index in [0.717, 1.165) is 49.6 Å². The summed E-state index contributed by atoms with van der Waals surface area (Å²) in [6, 6.07) is 14.6. The van der Waals surface area contributed by atoms with Gasteiger partial charge in [-0.05, 0) is 44.7 Å². The highest BCUT2D eigenvalue weighted by molar-refractivity contribution is 5.80. The molecule has 154 valence electrons. The van der Waals surface area contributed by atoms with Gasteiger partial charge in [-0.2, -0.15) is 0 Å². The van der Waals surface area contributed by atoms with Gasteiger partial charge < -0.3 is 9.80 Å². The van der Waals surface area contributed by atoms with Crippen LogP contribution in [0.2, 0.25) is 0 Å². The zero-order valence-corrected chi connectivity index (χ0v) is 17.5. The molecule has 2 fully saturated rings. The van der Waals surface area contributed by atoms with E-state index in [1.807, 2.05) is 42.5 Å². The molecule has 4 rings (SSSR count). The highest BCUT2D eigenvalue weighted by Crippen LogP contribution is 2.28. The Morgan fingerprint density at radius 1 is 1.00 bits per heavy atom. The predicted octanol–water partition coefficient (Wildman–Crippen LogP) is 4.54. The van der Waals surface area contributed by atoms with Gasteiger partial charge in [-0.3, -0.25) is 4.79 Å². The van der Waals surface area contributed by atoms with E-state index in [1.54, 1.807) is 0 Å². The third-order valence-corrected chi connectivity index (χ3v) is 6.45. The Kier molecular flexibility index (Phi) is 6.43. The van der Waals surface area contributed by atoms with E-state index in [1.165, 1.54) is 32.1 Å². The highest BCUT2D eigenvalue weighted by Gasteiger charge is 2.32. The largest absolute Gasteiger partial charge is 0.354 e. The van der Waals surface area contributed by atoms with E-state index in [4.69, 9.17) is 0 Å². The zero-order valence-electron chi connectivity index (χ0n) is 17.5. The number of benzene rings is 1. The van der Waals surface area contributed by atoms with Gasteiger partial charge in [0, 0.05) is 31.2 Å². The van der Waals surface area contributed by atoms with Gasteiger partial charge in [0.05, 0.1) is 11.6 Å². The van der Waals surface area contributed by atoms with E-state index in [0.29, 0.717) is 11.9 Å². The average Bonchev–Trinajstić information content (AvgIpc) is 2.81. The Labute approximate surface area is 174 Å². The minimum atomic E-state index is 0.0706. The van der Waals surface area contributed by atoms with Crippen LogP contribution in [0.25, 0.3) is 11.3 Å². The van der Waals surface area contributed by atoms with Crippen molar-refractivity contribution in [3.05, 3.63) is 42.5 Å². The second kappa shape index (κ2) is 9.38. The Bertz CT molecular complexity index is 786. The van der Waals surface area contributed by atoms with Gasteiger partial charge in [-0.25, -0.2) is 0 Å². The van der Waals surface area contributed by atoms with Crippen molar-refractivity contribution in [2.24, 2.45) is 5.92 Å². The van der Waals surface area contributed by atoms with Crippen LogP contribution >= 0.6 is 0 Å². The average molecular weight is 393 g/mol. The summed E-state index contributed by atoms with van der Waals surface area (Å²) in [6.45, 7) is 4.65. The molecular formula is C24H32N4O. The van der Waals surface area contributed by atoms with Crippen molar-refractivity contribution >= 4 is 11.7 Å². The molecule has 0 bridgehead atoms. The smallest absolute Gasteiger partial charge is 0.227 e. The standard InChI is InChI=1S/C24H32N4O/c1-2-28(21-13-7-4-8-14-21)24(29)20-12-9-17-27(18-20)23-16-15-22(25-26-23)19-10-5-3-6-11-19/h3,5-6,10-11,15-16,20-21H,2,4,7-9,12-14,17-18H2,1H3. The summed E-state index contributed by atoms with van der Waals surface area (Å²) < 4.78 is 0. The van der Waals surface area contributed by atoms with Crippen molar-refractivity contribution in [2.45, 2.75) is 57.9 Å². The number of aromatic nitrogens is 2. The van der Waals surface area contributed by atoms with Crippen molar-refractivity contribution in [3.63, 3.8) is 0 Å². The van der Waals surface area contributed by atoms with Crippen molar-refractivity contribution in [3.8, 4) is 11.3 Å². The SMILES string of the molecule is CCN(C(=O)C1CCCN(c2ccc(-c3ccccc3)nn2)C1)C1CCCCC1. The van der Waals surface area contributed by atoms with Gasteiger partial charge in [0.2, 0.25) is 5.91 Å². The molecule has 1 saturated carbocycles. The molecule has 1 unspecified atom stereocenters. The van der Waals surface area contributed by atoms with Crippen LogP contribution in [-0.2, 0) is 4.79 Å². The highest BCUT2D eigenvalue weighted by atomic mass is 16.2. The Morgan fingerprint density at radius 2 is 1.79 bits per heavy atom. The lowest BCUT2D eigenvalue weighted by molar-refractivity contribution is -0.138. The summed E-state index contributed by atoms with van der Waals surface area (Å²) in [5.74, 6) is 1.29. The minimum Gasteiger partial charge on any atom is -0.354 e. The summed E-state index contributed by atoms with van der Waals surface area (Å²) in [5.41, 5.74) is 1.96. The van der Waals surface area contributed by atoms with E-state index in [-0.39, 0.29) is 5.92 Å². The lowest BCUT2D eigenvalue weighted by atomic mass is 9.91. The van der Waals surface area contributed by atoms with Gasteiger partial charge in [-0.1, -0.05) is 49.6 Å². The summed E-state index contributed by atoms with van der Waals surface area (Å²) in [7, 11) is 0. The quantitative estimate of drug-likeness (QED) is 0.749. The predicted molar refractivity (Wildman–Crippen MR) is 117 cm³/mol. The molecule has 0 spiro atoms. The topological polar surface area (TPSA) is 49.3 Å². The number of amides is 1. The molecule has 5 nitrogen and oxygen atoms in total. The van der Waals surface area contributed by atoms with Crippen molar-refractivity contribution in [1.82, 2.24) is 15.1 Å². The molecule has 1 atom stereocenters. The fourth-order valence-corrected chi connectivity index (χ4v) is 4.86. The molecule has 0 N–H and O–H groups in total. The van der Waals surface area contributed by atoms with Crippen LogP contribution in [0.3, 0.4) is 0 Å². The van der Waals surface area contributed by atoms with Crippen LogP contribution in [0, 0.1) is 5.92 Å². The third-order valence-electron chi connectivity index (χ3n) is 6.45. The Morgan fingerprint density at radius 3 is 2.48 bits per heavy atom. The molecular weight excluding hydrogens is 360 g/mol. The van der Waals surface area contributed by atoms with Crippen LogP contribution in [0.5, 0.6) is 0 Å². The number of anilines is 1. The van der Waals surface area contributed by atoms with Gasteiger partial charge in [0.25, 0.3) is 0 Å². The lowest BCUT2D eigenvalue weighted by Crippen LogP contribution is -2.49. The first-order valence-corrected chi connectivity index (χ1v) is 11.2. The van der Waals surface area contributed by atoms with E-state index in [2.05, 4.69) is 26.9 Å². The third kappa shape index (κ3) is 4.60. The van der Waals surface area contributed by atoms with Crippen molar-refractivity contribution in [1.29, 1.82) is 0 Å². The van der Waals surface area contributed by atoms with E-state index >= 15 is 0 Å². The molecule has 5 heteroatoms. The second-order valence-corrected chi connectivity index (χ2v) is 8.34. The summed E-state index contributed by atoms with van der Waals surface area (Å²) in [4.78, 5) is 17.7. The fraction of sp³-hybridized carbons (Fsp3) is 0.542. The normalized spacial score (nSPS) is 20.4. The number of hydrogen-bond acceptors (Lipinski definition) is 4. The molecule has 1 amide bonds. The van der Waals surface area contributed by atoms with E-state index in [9.17, 15) is 4.79 Å². The number of carbonyl (C=O) groups excluding carboxylic acids is 1. The first-order valence-electron chi connectivity index (χ1n) is 11.2. The lowest BCUT2D eigenvalue weighted by Gasteiger charge is -2.39. The van der Waals surface area contributed by atoms with Gasteiger partial charge in [-0.15, -0.1) is 10.2 Å². The van der Waals surface area contributed by atoms with E-state index < -0.39 is 0 Å². The van der Waals surface area contributed by atoms with Crippen LogP contribution in [-0.4, -0.2) is 46.7 Å². The molecule has 2 heterocycles. The first-order chi connectivity index (χ1) is 14.3. The Balaban J connectivity index is 1.43. The summed E-state index contributed by atoms with van der Waals surface area (Å²) in [6.07, 6.45) is 8.18. The molecule has 0 radical (unpaired) electrons. The molecule has 1 aromatic heterocycles. The number of hydrogen-bond donors (Lipinski definition) is 0. The second-order valence-electron chi connectivity index (χ2n) is 8.34. The van der Waals surface area contributed by atoms with Crippen molar-refractivity contribution < 1.29 is 4.79 Å².